The van der Waals surface area contributed by atoms with Crippen LogP contribution in [-0.4, -0.2) is 22.4 Å². The summed E-state index contributed by atoms with van der Waals surface area (Å²) in [5.41, 5.74) is 2.39. The minimum Gasteiger partial charge on any atom is -0.314 e. The number of aromatic nitrogens is 2. The minimum atomic E-state index is 0.622. The van der Waals surface area contributed by atoms with Crippen LogP contribution in [0.25, 0.3) is 0 Å². The van der Waals surface area contributed by atoms with Crippen molar-refractivity contribution in [1.82, 2.24) is 15.1 Å². The van der Waals surface area contributed by atoms with Gasteiger partial charge in [0.05, 0.1) is 15.9 Å². The summed E-state index contributed by atoms with van der Waals surface area (Å²) in [4.78, 5) is 0. The van der Waals surface area contributed by atoms with Gasteiger partial charge in [-0.05, 0) is 55.1 Å². The van der Waals surface area contributed by atoms with E-state index < -0.39 is 0 Å². The number of nitrogens with one attached hydrogen (secondary N) is 1. The first-order valence-corrected chi connectivity index (χ1v) is 7.30. The van der Waals surface area contributed by atoms with E-state index in [4.69, 9.17) is 0 Å². The van der Waals surface area contributed by atoms with E-state index in [1.54, 1.807) is 0 Å². The summed E-state index contributed by atoms with van der Waals surface area (Å²) in [6.07, 6.45) is 4.64. The van der Waals surface area contributed by atoms with E-state index in [2.05, 4.69) is 40.2 Å². The molecule has 0 saturated carbocycles. The van der Waals surface area contributed by atoms with Gasteiger partial charge < -0.3 is 5.32 Å². The summed E-state index contributed by atoms with van der Waals surface area (Å²) in [7, 11) is 2.02. The summed E-state index contributed by atoms with van der Waals surface area (Å²) in [5, 5.41) is 8.02. The number of nitrogens with zero attached hydrogens (tertiary/aromatic N) is 2. The van der Waals surface area contributed by atoms with Gasteiger partial charge >= 0.3 is 0 Å². The summed E-state index contributed by atoms with van der Waals surface area (Å²) in [6.45, 7) is 7.61. The molecule has 1 rings (SSSR count). The molecule has 0 aliphatic heterocycles. The molecule has 0 aliphatic rings. The fraction of sp³-hybridized carbons (Fsp3) is 0.769. The van der Waals surface area contributed by atoms with E-state index in [1.807, 2.05) is 18.7 Å². The highest BCUT2D eigenvalue weighted by Crippen LogP contribution is 2.22. The van der Waals surface area contributed by atoms with E-state index in [9.17, 15) is 0 Å². The molecule has 0 saturated heterocycles. The zero-order chi connectivity index (χ0) is 12.8. The molecule has 4 heteroatoms. The number of hydrogen-bond donors (Lipinski definition) is 1. The van der Waals surface area contributed by atoms with Crippen LogP contribution < -0.4 is 5.32 Å². The van der Waals surface area contributed by atoms with Gasteiger partial charge in [0.2, 0.25) is 0 Å². The molecule has 1 heterocycles. The van der Waals surface area contributed by atoms with Gasteiger partial charge in [0, 0.05) is 13.1 Å². The topological polar surface area (TPSA) is 29.9 Å². The smallest absolute Gasteiger partial charge is 0.0738 e. The number of aryl methyl sites for hydroxylation is 2. The molecule has 1 N–H and O–H groups in total. The van der Waals surface area contributed by atoms with Crippen LogP contribution in [0, 0.1) is 6.92 Å². The van der Waals surface area contributed by atoms with Crippen molar-refractivity contribution in [2.75, 3.05) is 6.54 Å². The third-order valence-electron chi connectivity index (χ3n) is 3.17. The van der Waals surface area contributed by atoms with E-state index >= 15 is 0 Å². The van der Waals surface area contributed by atoms with Crippen LogP contribution >= 0.6 is 15.9 Å². The second-order valence-corrected chi connectivity index (χ2v) is 5.36. The Labute approximate surface area is 113 Å². The molecule has 17 heavy (non-hydrogen) atoms. The second kappa shape index (κ2) is 7.17. The van der Waals surface area contributed by atoms with Crippen molar-refractivity contribution in [1.29, 1.82) is 0 Å². The van der Waals surface area contributed by atoms with E-state index in [-0.39, 0.29) is 0 Å². The van der Waals surface area contributed by atoms with Crippen LogP contribution in [0.4, 0.5) is 0 Å². The van der Waals surface area contributed by atoms with Gasteiger partial charge in [-0.2, -0.15) is 5.10 Å². The average molecular weight is 302 g/mol. The maximum Gasteiger partial charge on any atom is 0.0738 e. The molecule has 0 spiro atoms. The molecule has 1 unspecified atom stereocenters. The first kappa shape index (κ1) is 14.7. The van der Waals surface area contributed by atoms with Gasteiger partial charge in [0.25, 0.3) is 0 Å². The summed E-state index contributed by atoms with van der Waals surface area (Å²) < 4.78 is 3.16. The van der Waals surface area contributed by atoms with Gasteiger partial charge in [-0.3, -0.25) is 4.68 Å². The van der Waals surface area contributed by atoms with Crippen LogP contribution in [0.3, 0.4) is 0 Å². The summed E-state index contributed by atoms with van der Waals surface area (Å²) >= 11 is 3.62. The molecule has 3 nitrogen and oxygen atoms in total. The van der Waals surface area contributed by atoms with Crippen molar-refractivity contribution >= 4 is 15.9 Å². The van der Waals surface area contributed by atoms with Crippen LogP contribution in [0.15, 0.2) is 4.47 Å². The van der Waals surface area contributed by atoms with Crippen molar-refractivity contribution in [3.63, 3.8) is 0 Å². The lowest BCUT2D eigenvalue weighted by Crippen LogP contribution is -2.29. The fourth-order valence-corrected chi connectivity index (χ4v) is 2.60. The van der Waals surface area contributed by atoms with Crippen LogP contribution in [0.5, 0.6) is 0 Å². The average Bonchev–Trinajstić information content (AvgIpc) is 2.55. The molecular formula is C13H24BrN3. The van der Waals surface area contributed by atoms with E-state index in [0.717, 1.165) is 18.7 Å². The first-order valence-electron chi connectivity index (χ1n) is 6.51. The maximum atomic E-state index is 4.43. The molecule has 1 aromatic rings. The third kappa shape index (κ3) is 4.11. The SMILES string of the molecule is CCCNC(CC)CCc1c(Br)c(C)nn1C. The molecular weight excluding hydrogens is 278 g/mol. The van der Waals surface area contributed by atoms with Gasteiger partial charge in [0.15, 0.2) is 0 Å². The second-order valence-electron chi connectivity index (χ2n) is 4.57. The van der Waals surface area contributed by atoms with Crippen LogP contribution in [0.2, 0.25) is 0 Å². The molecule has 0 aliphatic carbocycles. The van der Waals surface area contributed by atoms with Crippen molar-refractivity contribution in [3.8, 4) is 0 Å². The van der Waals surface area contributed by atoms with Crippen LogP contribution in [0.1, 0.15) is 44.5 Å². The van der Waals surface area contributed by atoms with E-state index in [1.165, 1.54) is 29.4 Å². The van der Waals surface area contributed by atoms with Crippen LogP contribution in [-0.2, 0) is 13.5 Å². The molecule has 0 fully saturated rings. The van der Waals surface area contributed by atoms with Gasteiger partial charge in [-0.1, -0.05) is 13.8 Å². The normalized spacial score (nSPS) is 13.0. The Balaban J connectivity index is 2.53. The van der Waals surface area contributed by atoms with Crippen molar-refractivity contribution < 1.29 is 0 Å². The lowest BCUT2D eigenvalue weighted by molar-refractivity contribution is 0.462. The highest BCUT2D eigenvalue weighted by molar-refractivity contribution is 9.10. The molecule has 0 amide bonds. The number of halogens is 1. The predicted molar refractivity (Wildman–Crippen MR) is 76.3 cm³/mol. The Morgan fingerprint density at radius 2 is 2.12 bits per heavy atom. The predicted octanol–water partition coefficient (Wildman–Crippen LogP) is 3.20. The largest absolute Gasteiger partial charge is 0.314 e. The molecule has 98 valence electrons. The number of rotatable bonds is 7. The maximum absolute atomic E-state index is 4.43. The standard InChI is InChI=1S/C13H24BrN3/c1-5-9-15-11(6-2)7-8-12-13(14)10(3)16-17(12)4/h11,15H,5-9H2,1-4H3. The zero-order valence-corrected chi connectivity index (χ0v) is 13.0. The Morgan fingerprint density at radius 1 is 1.41 bits per heavy atom. The quantitative estimate of drug-likeness (QED) is 0.838. The lowest BCUT2D eigenvalue weighted by atomic mass is 10.1. The van der Waals surface area contributed by atoms with Gasteiger partial charge in [0.1, 0.15) is 0 Å². The number of hydrogen-bond acceptors (Lipinski definition) is 2. The first-order chi connectivity index (χ1) is 8.10. The summed E-state index contributed by atoms with van der Waals surface area (Å²) in [6, 6.07) is 0.622. The van der Waals surface area contributed by atoms with Crippen molar-refractivity contribution in [2.45, 2.75) is 52.5 Å². The fourth-order valence-electron chi connectivity index (χ4n) is 2.06. The Hall–Kier alpha value is -0.350. The highest BCUT2D eigenvalue weighted by Gasteiger charge is 2.12. The van der Waals surface area contributed by atoms with E-state index in [0.29, 0.717) is 6.04 Å². The molecule has 1 aromatic heterocycles. The van der Waals surface area contributed by atoms with Gasteiger partial charge in [-0.25, -0.2) is 0 Å². The van der Waals surface area contributed by atoms with Crippen molar-refractivity contribution in [2.24, 2.45) is 7.05 Å². The highest BCUT2D eigenvalue weighted by atomic mass is 79.9. The summed E-state index contributed by atoms with van der Waals surface area (Å²) in [5.74, 6) is 0. The molecule has 0 aromatic carbocycles. The third-order valence-corrected chi connectivity index (χ3v) is 4.20. The Morgan fingerprint density at radius 3 is 2.59 bits per heavy atom. The lowest BCUT2D eigenvalue weighted by Gasteiger charge is -2.16. The molecule has 1 atom stereocenters. The zero-order valence-electron chi connectivity index (χ0n) is 11.4. The molecule has 0 bridgehead atoms. The Kier molecular flexibility index (Phi) is 6.20. The monoisotopic (exact) mass is 301 g/mol. The minimum absolute atomic E-state index is 0.622. The van der Waals surface area contributed by atoms with Crippen molar-refractivity contribution in [3.05, 3.63) is 15.9 Å². The Bertz CT molecular complexity index is 347. The molecule has 0 radical (unpaired) electrons. The van der Waals surface area contributed by atoms with Gasteiger partial charge in [-0.15, -0.1) is 0 Å².